The number of rotatable bonds is 9. The van der Waals surface area contributed by atoms with Gasteiger partial charge < -0.3 is 15.5 Å². The van der Waals surface area contributed by atoms with E-state index in [1.54, 1.807) is 46.2 Å². The SMILES string of the molecule is CC(C)N1CCc2nn(C/C(=C/F)CN)cc2C1=O.CC(C)N1CCc2nn(C/C(=C/F)CN3C(=O)c4ccccc4C3=O)cc2C1=O.Cl. The Morgan fingerprint density at radius 2 is 1.14 bits per heavy atom. The summed E-state index contributed by atoms with van der Waals surface area (Å²) in [6, 6.07) is 6.81. The predicted molar refractivity (Wildman–Crippen MR) is 181 cm³/mol. The van der Waals surface area contributed by atoms with Gasteiger partial charge in [0.1, 0.15) is 0 Å². The van der Waals surface area contributed by atoms with Crippen molar-refractivity contribution in [1.29, 1.82) is 0 Å². The molecule has 4 amide bonds. The van der Waals surface area contributed by atoms with Crippen molar-refractivity contribution in [3.8, 4) is 0 Å². The van der Waals surface area contributed by atoms with Crippen LogP contribution in [0.1, 0.15) is 80.5 Å². The number of amides is 4. The van der Waals surface area contributed by atoms with E-state index in [-0.39, 0.29) is 68.1 Å². The summed E-state index contributed by atoms with van der Waals surface area (Å²) < 4.78 is 29.2. The third kappa shape index (κ3) is 7.65. The summed E-state index contributed by atoms with van der Waals surface area (Å²) in [6.07, 6.45) is 5.57. The zero-order valence-electron chi connectivity index (χ0n) is 27.9. The van der Waals surface area contributed by atoms with E-state index >= 15 is 0 Å². The van der Waals surface area contributed by atoms with Gasteiger partial charge in [-0.1, -0.05) is 12.1 Å². The molecule has 3 aromatic rings. The molecule has 3 aliphatic heterocycles. The van der Waals surface area contributed by atoms with E-state index in [2.05, 4.69) is 10.2 Å². The molecule has 2 aromatic heterocycles. The minimum atomic E-state index is -0.438. The monoisotopic (exact) mass is 698 g/mol. The normalized spacial score (nSPS) is 16.1. The van der Waals surface area contributed by atoms with Crippen LogP contribution in [-0.2, 0) is 25.9 Å². The number of aromatic nitrogens is 4. The number of hydrogen-bond donors (Lipinski definition) is 1. The average Bonchev–Trinajstić information content (AvgIpc) is 3.75. The topological polar surface area (TPSA) is 140 Å². The lowest BCUT2D eigenvalue weighted by atomic mass is 10.1. The Morgan fingerprint density at radius 1 is 0.714 bits per heavy atom. The van der Waals surface area contributed by atoms with Crippen molar-refractivity contribution in [3.63, 3.8) is 0 Å². The molecule has 0 bridgehead atoms. The molecular weight excluding hydrogens is 658 g/mol. The van der Waals surface area contributed by atoms with Gasteiger partial charge in [0.15, 0.2) is 0 Å². The maximum absolute atomic E-state index is 13.6. The summed E-state index contributed by atoms with van der Waals surface area (Å²) in [5, 5.41) is 8.74. The Hall–Kier alpha value is -4.69. The Morgan fingerprint density at radius 3 is 1.53 bits per heavy atom. The number of fused-ring (bicyclic) bond motifs is 3. The van der Waals surface area contributed by atoms with Crippen LogP contribution < -0.4 is 5.73 Å². The molecule has 0 aliphatic carbocycles. The summed E-state index contributed by atoms with van der Waals surface area (Å²) in [7, 11) is 0. The number of halogens is 3. The molecule has 0 radical (unpaired) electrons. The highest BCUT2D eigenvalue weighted by Crippen LogP contribution is 2.25. The predicted octanol–water partition coefficient (Wildman–Crippen LogP) is 3.96. The number of carbonyl (C=O) groups is 4. The second-order valence-corrected chi connectivity index (χ2v) is 12.5. The van der Waals surface area contributed by atoms with Crippen molar-refractivity contribution >= 4 is 36.0 Å². The molecule has 0 spiro atoms. The molecule has 0 saturated carbocycles. The molecule has 12 nitrogen and oxygen atoms in total. The van der Waals surface area contributed by atoms with E-state index in [1.165, 1.54) is 4.68 Å². The van der Waals surface area contributed by atoms with Crippen LogP contribution in [0.25, 0.3) is 0 Å². The minimum absolute atomic E-state index is 0. The highest BCUT2D eigenvalue weighted by atomic mass is 35.5. The zero-order chi connectivity index (χ0) is 34.7. The second-order valence-electron chi connectivity index (χ2n) is 12.5. The molecule has 49 heavy (non-hydrogen) atoms. The largest absolute Gasteiger partial charge is 0.336 e. The lowest BCUT2D eigenvalue weighted by Crippen LogP contribution is -2.41. The van der Waals surface area contributed by atoms with Crippen molar-refractivity contribution in [3.05, 3.63) is 94.1 Å². The van der Waals surface area contributed by atoms with Crippen molar-refractivity contribution in [2.75, 3.05) is 26.2 Å². The molecule has 3 aliphatic rings. The van der Waals surface area contributed by atoms with Crippen molar-refractivity contribution in [1.82, 2.24) is 34.3 Å². The highest BCUT2D eigenvalue weighted by molar-refractivity contribution is 6.21. The smallest absolute Gasteiger partial charge is 0.261 e. The quantitative estimate of drug-likeness (QED) is 0.334. The van der Waals surface area contributed by atoms with Crippen molar-refractivity contribution in [2.45, 2.75) is 65.7 Å². The number of imide groups is 1. The Balaban J connectivity index is 0.000000236. The van der Waals surface area contributed by atoms with Crippen LogP contribution in [0.4, 0.5) is 8.78 Å². The fraction of sp³-hybridized carbons (Fsp3) is 0.412. The molecule has 6 rings (SSSR count). The standard InChI is InChI=1S/C21H21FN4O3.C13H19FN4O.ClH/c1-13(2)25-8-7-18-17(21(25)29)12-24(23-18)10-14(9-22)11-26-19(27)15-5-3-4-6-16(15)20(26)28;1-9(2)18-4-3-12-11(13(18)19)8-17(16-12)7-10(5-14)6-15;/h3-6,9,12-13H,7-8,10-11H2,1-2H3;5,8-9H,3-4,6-7,15H2,1-2H3;1H/b14-9-;10-5+;. The molecule has 0 fully saturated rings. The van der Waals surface area contributed by atoms with Gasteiger partial charge in [0, 0.05) is 57.0 Å². The van der Waals surface area contributed by atoms with E-state index in [1.807, 2.05) is 32.6 Å². The average molecular weight is 699 g/mol. The fourth-order valence-electron chi connectivity index (χ4n) is 6.03. The van der Waals surface area contributed by atoms with Crippen LogP contribution in [-0.4, -0.2) is 96.2 Å². The van der Waals surface area contributed by atoms with Crippen LogP contribution in [0.2, 0.25) is 0 Å². The van der Waals surface area contributed by atoms with E-state index in [0.717, 1.165) is 17.0 Å². The molecule has 0 atom stereocenters. The van der Waals surface area contributed by atoms with Gasteiger partial charge in [-0.2, -0.15) is 10.2 Å². The Bertz CT molecular complexity index is 1760. The van der Waals surface area contributed by atoms with Gasteiger partial charge in [0.2, 0.25) is 0 Å². The van der Waals surface area contributed by atoms with Gasteiger partial charge >= 0.3 is 0 Å². The van der Waals surface area contributed by atoms with Crippen LogP contribution >= 0.6 is 12.4 Å². The molecule has 0 saturated heterocycles. The third-order valence-electron chi connectivity index (χ3n) is 8.62. The van der Waals surface area contributed by atoms with Gasteiger partial charge in [0.25, 0.3) is 23.6 Å². The van der Waals surface area contributed by atoms with Gasteiger partial charge in [-0.15, -0.1) is 12.4 Å². The molecule has 5 heterocycles. The van der Waals surface area contributed by atoms with Crippen LogP contribution in [0, 0.1) is 0 Å². The minimum Gasteiger partial charge on any atom is -0.336 e. The van der Waals surface area contributed by atoms with Crippen molar-refractivity contribution in [2.24, 2.45) is 5.73 Å². The first-order chi connectivity index (χ1) is 23.0. The van der Waals surface area contributed by atoms with Crippen molar-refractivity contribution < 1.29 is 28.0 Å². The number of hydrogen-bond acceptors (Lipinski definition) is 7. The second kappa shape index (κ2) is 15.7. The maximum Gasteiger partial charge on any atom is 0.261 e. The first kappa shape index (κ1) is 37.1. The molecule has 2 N–H and O–H groups in total. The summed E-state index contributed by atoms with van der Waals surface area (Å²) in [6.45, 7) is 9.49. The highest BCUT2D eigenvalue weighted by Gasteiger charge is 2.36. The maximum atomic E-state index is 13.6. The summed E-state index contributed by atoms with van der Waals surface area (Å²) in [5.74, 6) is -0.959. The van der Waals surface area contributed by atoms with Gasteiger partial charge in [-0.3, -0.25) is 33.4 Å². The van der Waals surface area contributed by atoms with E-state index in [4.69, 9.17) is 5.73 Å². The molecule has 15 heteroatoms. The Labute approximate surface area is 289 Å². The van der Waals surface area contributed by atoms with Gasteiger partial charge in [-0.05, 0) is 51.0 Å². The fourth-order valence-corrected chi connectivity index (χ4v) is 6.03. The lowest BCUT2D eigenvalue weighted by molar-refractivity contribution is 0.0659. The van der Waals surface area contributed by atoms with E-state index in [9.17, 15) is 28.0 Å². The summed E-state index contributed by atoms with van der Waals surface area (Å²) in [4.78, 5) is 54.5. The molecule has 0 unspecified atom stereocenters. The summed E-state index contributed by atoms with van der Waals surface area (Å²) in [5.41, 5.74) is 9.35. The number of nitrogens with two attached hydrogens (primary N) is 1. The zero-order valence-corrected chi connectivity index (χ0v) is 28.8. The van der Waals surface area contributed by atoms with E-state index < -0.39 is 11.8 Å². The first-order valence-corrected chi connectivity index (χ1v) is 15.9. The first-order valence-electron chi connectivity index (χ1n) is 15.9. The lowest BCUT2D eigenvalue weighted by Gasteiger charge is -2.29. The van der Waals surface area contributed by atoms with Crippen LogP contribution in [0.5, 0.6) is 0 Å². The van der Waals surface area contributed by atoms with Gasteiger partial charge in [-0.25, -0.2) is 8.78 Å². The number of carbonyl (C=O) groups excluding carboxylic acids is 4. The third-order valence-corrected chi connectivity index (χ3v) is 8.62. The Kier molecular flexibility index (Phi) is 11.9. The number of benzene rings is 1. The van der Waals surface area contributed by atoms with Crippen LogP contribution in [0.3, 0.4) is 0 Å². The summed E-state index contributed by atoms with van der Waals surface area (Å²) >= 11 is 0. The molecule has 262 valence electrons. The number of nitrogens with zero attached hydrogens (tertiary/aromatic N) is 7. The van der Waals surface area contributed by atoms with Gasteiger partial charge in [0.05, 0.1) is 65.9 Å². The van der Waals surface area contributed by atoms with E-state index in [0.29, 0.717) is 65.7 Å². The molecule has 1 aromatic carbocycles. The molecular formula is C34H41ClF2N8O4. The van der Waals surface area contributed by atoms with Crippen LogP contribution in [0.15, 0.2) is 60.5 Å².